The van der Waals surface area contributed by atoms with E-state index >= 15 is 0 Å². The zero-order valence-electron chi connectivity index (χ0n) is 8.97. The molecule has 4 nitrogen and oxygen atoms in total. The van der Waals surface area contributed by atoms with Gasteiger partial charge in [-0.15, -0.1) is 0 Å². The second kappa shape index (κ2) is 4.06. The number of nitrogens with zero attached hydrogens (tertiary/aromatic N) is 1. The third-order valence-corrected chi connectivity index (χ3v) is 2.76. The second-order valence-electron chi connectivity index (χ2n) is 4.01. The average Bonchev–Trinajstić information content (AvgIpc) is 2.65. The van der Waals surface area contributed by atoms with E-state index in [1.165, 1.54) is 5.56 Å². The first-order chi connectivity index (χ1) is 7.58. The molecule has 0 saturated carbocycles. The van der Waals surface area contributed by atoms with Gasteiger partial charge in [0.05, 0.1) is 6.54 Å². The van der Waals surface area contributed by atoms with Gasteiger partial charge in [0.1, 0.15) is 0 Å². The van der Waals surface area contributed by atoms with Crippen LogP contribution in [0.3, 0.4) is 0 Å². The summed E-state index contributed by atoms with van der Waals surface area (Å²) < 4.78 is 0. The Balaban J connectivity index is 2.26. The molecule has 1 aromatic carbocycles. The van der Waals surface area contributed by atoms with Crippen molar-refractivity contribution >= 4 is 12.2 Å². The fraction of sp³-hybridized carbons (Fsp3) is 0.333. The highest BCUT2D eigenvalue weighted by Crippen LogP contribution is 2.21. The minimum absolute atomic E-state index is 0.136. The second-order valence-corrected chi connectivity index (χ2v) is 4.01. The summed E-state index contributed by atoms with van der Waals surface area (Å²) in [5, 5.41) is 17.9. The lowest BCUT2D eigenvalue weighted by molar-refractivity contribution is -0.146. The summed E-state index contributed by atoms with van der Waals surface area (Å²) in [6, 6.07) is 3.81. The molecule has 0 radical (unpaired) electrons. The van der Waals surface area contributed by atoms with Crippen LogP contribution in [0.15, 0.2) is 17.1 Å². The molecule has 0 spiro atoms. The molecule has 4 heteroatoms. The van der Waals surface area contributed by atoms with Crippen LogP contribution in [0.5, 0.6) is 0 Å². The van der Waals surface area contributed by atoms with Gasteiger partial charge in [-0.05, 0) is 35.2 Å². The van der Waals surface area contributed by atoms with E-state index in [4.69, 9.17) is 5.11 Å². The number of fused-ring (bicyclic) bond motifs is 1. The maximum Gasteiger partial charge on any atom is 0.332 e. The molecule has 1 heterocycles. The van der Waals surface area contributed by atoms with Crippen LogP contribution in [0.25, 0.3) is 0 Å². The van der Waals surface area contributed by atoms with Crippen LogP contribution >= 0.6 is 0 Å². The summed E-state index contributed by atoms with van der Waals surface area (Å²) in [5.41, 5.74) is 4.16. The predicted octanol–water partition coefficient (Wildman–Crippen LogP) is 0.916. The van der Waals surface area contributed by atoms with Crippen molar-refractivity contribution in [2.24, 2.45) is 4.99 Å². The van der Waals surface area contributed by atoms with Gasteiger partial charge in [0.15, 0.2) is 6.10 Å². The average molecular weight is 219 g/mol. The van der Waals surface area contributed by atoms with Crippen LogP contribution in [0.2, 0.25) is 0 Å². The molecule has 0 amide bonds. The molecule has 2 N–H and O–H groups in total. The van der Waals surface area contributed by atoms with E-state index in [1.54, 1.807) is 6.21 Å². The van der Waals surface area contributed by atoms with E-state index in [-0.39, 0.29) is 6.42 Å². The minimum atomic E-state index is -1.34. The van der Waals surface area contributed by atoms with E-state index in [0.29, 0.717) is 6.54 Å². The molecule has 16 heavy (non-hydrogen) atoms. The quantitative estimate of drug-likeness (QED) is 0.794. The fourth-order valence-electron chi connectivity index (χ4n) is 1.92. The molecule has 1 aliphatic rings. The first kappa shape index (κ1) is 10.8. The van der Waals surface area contributed by atoms with Gasteiger partial charge in [-0.25, -0.2) is 4.79 Å². The van der Waals surface area contributed by atoms with Gasteiger partial charge in [0.25, 0.3) is 0 Å². The van der Waals surface area contributed by atoms with E-state index in [0.717, 1.165) is 16.7 Å². The van der Waals surface area contributed by atoms with Gasteiger partial charge in [-0.1, -0.05) is 6.07 Å². The summed E-state index contributed by atoms with van der Waals surface area (Å²) in [6.45, 7) is 2.67. The largest absolute Gasteiger partial charge is 0.479 e. The molecule has 0 aromatic heterocycles. The lowest BCUT2D eigenvalue weighted by Gasteiger charge is -2.09. The third-order valence-electron chi connectivity index (χ3n) is 2.76. The predicted molar refractivity (Wildman–Crippen MR) is 59.8 cm³/mol. The topological polar surface area (TPSA) is 69.9 Å². The Morgan fingerprint density at radius 2 is 2.31 bits per heavy atom. The maximum absolute atomic E-state index is 10.5. The Kier molecular flexibility index (Phi) is 2.75. The Hall–Kier alpha value is -1.68. The van der Waals surface area contributed by atoms with Crippen LogP contribution in [-0.4, -0.2) is 28.5 Å². The number of aliphatic hydroxyl groups excluding tert-OH is 1. The van der Waals surface area contributed by atoms with E-state index in [9.17, 15) is 9.90 Å². The van der Waals surface area contributed by atoms with Gasteiger partial charge in [0.2, 0.25) is 0 Å². The highest BCUT2D eigenvalue weighted by molar-refractivity contribution is 5.85. The fourth-order valence-corrected chi connectivity index (χ4v) is 1.92. The summed E-state index contributed by atoms with van der Waals surface area (Å²) in [6.07, 6.45) is 0.590. The van der Waals surface area contributed by atoms with Gasteiger partial charge in [-0.3, -0.25) is 4.99 Å². The van der Waals surface area contributed by atoms with Crippen LogP contribution < -0.4 is 0 Å². The van der Waals surface area contributed by atoms with Crippen LogP contribution in [0.1, 0.15) is 22.3 Å². The molecule has 1 aliphatic heterocycles. The molecule has 1 atom stereocenters. The highest BCUT2D eigenvalue weighted by atomic mass is 16.4. The number of aliphatic hydroxyl groups is 1. The lowest BCUT2D eigenvalue weighted by Crippen LogP contribution is -2.22. The van der Waals surface area contributed by atoms with Crippen LogP contribution in [0.4, 0.5) is 0 Å². The van der Waals surface area contributed by atoms with Crippen molar-refractivity contribution in [3.63, 3.8) is 0 Å². The summed E-state index contributed by atoms with van der Waals surface area (Å²) in [5.74, 6) is -1.19. The van der Waals surface area contributed by atoms with Crippen molar-refractivity contribution in [2.45, 2.75) is 26.0 Å². The number of carbonyl (C=O) groups is 1. The first-order valence-electron chi connectivity index (χ1n) is 5.11. The number of benzene rings is 1. The number of hydrogen-bond acceptors (Lipinski definition) is 3. The Morgan fingerprint density at radius 1 is 1.56 bits per heavy atom. The monoisotopic (exact) mass is 219 g/mol. The number of aliphatic imine (C=N–C) groups is 1. The number of carboxylic acid groups (broad SMARTS) is 1. The van der Waals surface area contributed by atoms with Gasteiger partial charge in [0, 0.05) is 12.6 Å². The number of rotatable bonds is 3. The number of aliphatic carboxylic acids is 1. The molecule has 0 aliphatic carbocycles. The molecule has 0 unspecified atom stereocenters. The van der Waals surface area contributed by atoms with Gasteiger partial charge < -0.3 is 10.2 Å². The van der Waals surface area contributed by atoms with Crippen molar-refractivity contribution in [3.8, 4) is 0 Å². The summed E-state index contributed by atoms with van der Waals surface area (Å²) in [7, 11) is 0. The lowest BCUT2D eigenvalue weighted by atomic mass is 9.97. The normalized spacial score (nSPS) is 14.9. The molecular formula is C12H13NO3. The summed E-state index contributed by atoms with van der Waals surface area (Å²) >= 11 is 0. The first-order valence-corrected chi connectivity index (χ1v) is 5.11. The van der Waals surface area contributed by atoms with E-state index in [1.807, 2.05) is 19.1 Å². The van der Waals surface area contributed by atoms with Crippen LogP contribution in [0, 0.1) is 6.92 Å². The van der Waals surface area contributed by atoms with Crippen molar-refractivity contribution in [1.82, 2.24) is 0 Å². The zero-order valence-corrected chi connectivity index (χ0v) is 8.97. The Morgan fingerprint density at radius 3 is 3.00 bits per heavy atom. The Bertz CT molecular complexity index is 466. The van der Waals surface area contributed by atoms with Crippen molar-refractivity contribution in [1.29, 1.82) is 0 Å². The number of hydrogen-bond donors (Lipinski definition) is 2. The molecule has 0 fully saturated rings. The zero-order chi connectivity index (χ0) is 11.7. The van der Waals surface area contributed by atoms with Gasteiger partial charge in [-0.2, -0.15) is 0 Å². The van der Waals surface area contributed by atoms with E-state index in [2.05, 4.69) is 4.99 Å². The van der Waals surface area contributed by atoms with Crippen molar-refractivity contribution in [3.05, 3.63) is 34.4 Å². The smallest absolute Gasteiger partial charge is 0.332 e. The number of aryl methyl sites for hydroxylation is 1. The van der Waals surface area contributed by atoms with E-state index < -0.39 is 12.1 Å². The maximum atomic E-state index is 10.5. The highest BCUT2D eigenvalue weighted by Gasteiger charge is 2.16. The minimum Gasteiger partial charge on any atom is -0.479 e. The summed E-state index contributed by atoms with van der Waals surface area (Å²) in [4.78, 5) is 14.7. The third kappa shape index (κ3) is 1.97. The molecule has 1 aromatic rings. The molecule has 0 saturated heterocycles. The Labute approximate surface area is 93.3 Å². The number of carboxylic acids is 1. The van der Waals surface area contributed by atoms with Crippen molar-refractivity contribution < 1.29 is 15.0 Å². The van der Waals surface area contributed by atoms with Crippen molar-refractivity contribution in [2.75, 3.05) is 0 Å². The molecule has 84 valence electrons. The molecule has 2 rings (SSSR count). The molecular weight excluding hydrogens is 206 g/mol. The molecule has 0 bridgehead atoms. The standard InChI is InChI=1S/C12H13NO3/c1-7-2-8(4-11(14)12(15)16)3-9-5-13-6-10(7)9/h2-3,5,11,14H,4,6H2,1H3,(H,15,16)/t11-/m1/s1. The van der Waals surface area contributed by atoms with Gasteiger partial charge >= 0.3 is 5.97 Å². The SMILES string of the molecule is Cc1cc(C[C@@H](O)C(=O)O)cc2c1CN=C2. The van der Waals surface area contributed by atoms with Crippen LogP contribution in [-0.2, 0) is 17.8 Å².